The number of carbonyl (C=O) groups is 1. The second kappa shape index (κ2) is 10.1. The molecule has 1 aromatic carbocycles. The summed E-state index contributed by atoms with van der Waals surface area (Å²) < 4.78 is 5.41. The molecule has 1 saturated carbocycles. The number of rotatable bonds is 7. The van der Waals surface area contributed by atoms with Gasteiger partial charge >= 0.3 is 6.03 Å². The van der Waals surface area contributed by atoms with Crippen LogP contribution >= 0.6 is 11.8 Å². The molecule has 2 fully saturated rings. The van der Waals surface area contributed by atoms with Crippen LogP contribution in [0.25, 0.3) is 0 Å². The van der Waals surface area contributed by atoms with E-state index >= 15 is 0 Å². The standard InChI is InChI=1S/C20H30N2O2S/c23-20(21-11-8-16-4-1-2-5-16)22-18-7-3-6-17(14-18)15-25-19-9-12-24-13-10-19/h3,6-7,14,16,19H,1-2,4-5,8-13,15H2,(H2,21,22,23). The summed E-state index contributed by atoms with van der Waals surface area (Å²) in [4.78, 5) is 12.1. The second-order valence-electron chi connectivity index (χ2n) is 7.14. The number of amides is 2. The van der Waals surface area contributed by atoms with Gasteiger partial charge in [0.1, 0.15) is 0 Å². The van der Waals surface area contributed by atoms with Gasteiger partial charge in [0.15, 0.2) is 0 Å². The summed E-state index contributed by atoms with van der Waals surface area (Å²) >= 11 is 2.00. The molecule has 2 N–H and O–H groups in total. The molecular formula is C20H30N2O2S. The number of urea groups is 1. The lowest BCUT2D eigenvalue weighted by Crippen LogP contribution is -2.30. The monoisotopic (exact) mass is 362 g/mol. The number of hydrogen-bond acceptors (Lipinski definition) is 3. The Labute approximate surface area is 155 Å². The maximum absolute atomic E-state index is 12.1. The summed E-state index contributed by atoms with van der Waals surface area (Å²) in [5.74, 6) is 1.80. The van der Waals surface area contributed by atoms with E-state index in [1.165, 1.54) is 31.2 Å². The molecule has 1 aliphatic carbocycles. The highest BCUT2D eigenvalue weighted by Crippen LogP contribution is 2.27. The summed E-state index contributed by atoms with van der Waals surface area (Å²) in [7, 11) is 0. The summed E-state index contributed by atoms with van der Waals surface area (Å²) in [5, 5.41) is 6.66. The van der Waals surface area contributed by atoms with Gasteiger partial charge in [0.25, 0.3) is 0 Å². The zero-order valence-electron chi connectivity index (χ0n) is 15.0. The molecule has 0 bridgehead atoms. The van der Waals surface area contributed by atoms with Crippen molar-refractivity contribution in [3.05, 3.63) is 29.8 Å². The van der Waals surface area contributed by atoms with Gasteiger partial charge < -0.3 is 15.4 Å². The average Bonchev–Trinajstić information content (AvgIpc) is 3.15. The molecule has 1 aliphatic heterocycles. The predicted molar refractivity (Wildman–Crippen MR) is 105 cm³/mol. The van der Waals surface area contributed by atoms with E-state index in [0.29, 0.717) is 5.25 Å². The summed E-state index contributed by atoms with van der Waals surface area (Å²) in [5.41, 5.74) is 2.14. The Kier molecular flexibility index (Phi) is 7.49. The van der Waals surface area contributed by atoms with Crippen LogP contribution in [0.4, 0.5) is 10.5 Å². The van der Waals surface area contributed by atoms with E-state index in [2.05, 4.69) is 22.8 Å². The Morgan fingerprint density at radius 2 is 1.96 bits per heavy atom. The van der Waals surface area contributed by atoms with Crippen molar-refractivity contribution in [2.24, 2.45) is 5.92 Å². The Bertz CT molecular complexity index is 540. The van der Waals surface area contributed by atoms with Gasteiger partial charge in [-0.3, -0.25) is 0 Å². The van der Waals surface area contributed by atoms with Crippen molar-refractivity contribution in [2.75, 3.05) is 25.1 Å². The third-order valence-corrected chi connectivity index (χ3v) is 6.59. The van der Waals surface area contributed by atoms with Gasteiger partial charge in [-0.15, -0.1) is 0 Å². The molecule has 25 heavy (non-hydrogen) atoms. The molecule has 1 heterocycles. The first-order chi connectivity index (χ1) is 12.3. The van der Waals surface area contributed by atoms with Gasteiger partial charge in [0, 0.05) is 36.4 Å². The zero-order chi connectivity index (χ0) is 17.3. The van der Waals surface area contributed by atoms with Gasteiger partial charge in [-0.25, -0.2) is 4.79 Å². The van der Waals surface area contributed by atoms with Crippen molar-refractivity contribution in [2.45, 2.75) is 55.9 Å². The molecule has 4 nitrogen and oxygen atoms in total. The molecular weight excluding hydrogens is 332 g/mol. The van der Waals surface area contributed by atoms with Gasteiger partial charge in [0.2, 0.25) is 0 Å². The first kappa shape index (κ1) is 18.6. The molecule has 1 saturated heterocycles. The molecule has 1 aromatic rings. The van der Waals surface area contributed by atoms with E-state index in [-0.39, 0.29) is 6.03 Å². The Morgan fingerprint density at radius 1 is 1.16 bits per heavy atom. The maximum atomic E-state index is 12.1. The van der Waals surface area contributed by atoms with E-state index in [1.807, 2.05) is 23.9 Å². The number of carbonyl (C=O) groups excluding carboxylic acids is 1. The number of benzene rings is 1. The fourth-order valence-corrected chi connectivity index (χ4v) is 4.79. The summed E-state index contributed by atoms with van der Waals surface area (Å²) in [6.07, 6.45) is 8.77. The van der Waals surface area contributed by atoms with E-state index in [9.17, 15) is 4.79 Å². The third kappa shape index (κ3) is 6.55. The van der Waals surface area contributed by atoms with Crippen LogP contribution in [-0.2, 0) is 10.5 Å². The van der Waals surface area contributed by atoms with Crippen molar-refractivity contribution in [1.29, 1.82) is 0 Å². The van der Waals surface area contributed by atoms with Crippen molar-refractivity contribution < 1.29 is 9.53 Å². The minimum absolute atomic E-state index is 0.0905. The fourth-order valence-electron chi connectivity index (χ4n) is 3.66. The van der Waals surface area contributed by atoms with Crippen LogP contribution in [0.5, 0.6) is 0 Å². The van der Waals surface area contributed by atoms with Crippen molar-refractivity contribution in [1.82, 2.24) is 5.32 Å². The molecule has 0 spiro atoms. The number of thioether (sulfide) groups is 1. The normalized spacial score (nSPS) is 19.0. The van der Waals surface area contributed by atoms with E-state index in [0.717, 1.165) is 56.4 Å². The minimum atomic E-state index is -0.0905. The van der Waals surface area contributed by atoms with Crippen molar-refractivity contribution >= 4 is 23.5 Å². The van der Waals surface area contributed by atoms with Gasteiger partial charge in [-0.05, 0) is 42.9 Å². The highest BCUT2D eigenvalue weighted by Gasteiger charge is 2.15. The Balaban J connectivity index is 1.38. The van der Waals surface area contributed by atoms with Crippen LogP contribution in [0.1, 0.15) is 50.5 Å². The summed E-state index contributed by atoms with van der Waals surface area (Å²) in [6.45, 7) is 2.55. The maximum Gasteiger partial charge on any atom is 0.319 e. The largest absolute Gasteiger partial charge is 0.381 e. The number of hydrogen-bond donors (Lipinski definition) is 2. The molecule has 138 valence electrons. The van der Waals surface area contributed by atoms with Crippen LogP contribution in [0, 0.1) is 5.92 Å². The van der Waals surface area contributed by atoms with E-state index in [4.69, 9.17) is 4.74 Å². The van der Waals surface area contributed by atoms with Gasteiger partial charge in [-0.2, -0.15) is 11.8 Å². The van der Waals surface area contributed by atoms with E-state index < -0.39 is 0 Å². The average molecular weight is 363 g/mol. The lowest BCUT2D eigenvalue weighted by molar-refractivity contribution is 0.1000. The third-order valence-electron chi connectivity index (χ3n) is 5.15. The molecule has 3 rings (SSSR count). The van der Waals surface area contributed by atoms with Crippen LogP contribution in [0.3, 0.4) is 0 Å². The van der Waals surface area contributed by atoms with Gasteiger partial charge in [0.05, 0.1) is 0 Å². The SMILES string of the molecule is O=C(NCCC1CCCC1)Nc1cccc(CSC2CCOCC2)c1. The van der Waals surface area contributed by atoms with Crippen LogP contribution in [-0.4, -0.2) is 31.0 Å². The number of ether oxygens (including phenoxy) is 1. The Morgan fingerprint density at radius 3 is 2.76 bits per heavy atom. The quantitative estimate of drug-likeness (QED) is 0.732. The van der Waals surface area contributed by atoms with Crippen LogP contribution in [0.15, 0.2) is 24.3 Å². The molecule has 0 atom stereocenters. The Hall–Kier alpha value is -1.20. The van der Waals surface area contributed by atoms with Crippen molar-refractivity contribution in [3.63, 3.8) is 0 Å². The highest BCUT2D eigenvalue weighted by molar-refractivity contribution is 7.99. The number of anilines is 1. The molecule has 0 aromatic heterocycles. The fraction of sp³-hybridized carbons (Fsp3) is 0.650. The molecule has 5 heteroatoms. The molecule has 0 unspecified atom stereocenters. The number of nitrogens with one attached hydrogen (secondary N) is 2. The lowest BCUT2D eigenvalue weighted by atomic mass is 10.0. The predicted octanol–water partition coefficient (Wildman–Crippen LogP) is 4.80. The molecule has 2 amide bonds. The second-order valence-corrected chi connectivity index (χ2v) is 8.43. The topological polar surface area (TPSA) is 50.4 Å². The summed E-state index contributed by atoms with van der Waals surface area (Å²) in [6, 6.07) is 8.11. The van der Waals surface area contributed by atoms with E-state index in [1.54, 1.807) is 0 Å². The highest BCUT2D eigenvalue weighted by atomic mass is 32.2. The smallest absolute Gasteiger partial charge is 0.319 e. The molecule has 0 radical (unpaired) electrons. The molecule has 2 aliphatic rings. The minimum Gasteiger partial charge on any atom is -0.381 e. The lowest BCUT2D eigenvalue weighted by Gasteiger charge is -2.21. The van der Waals surface area contributed by atoms with Gasteiger partial charge in [-0.1, -0.05) is 37.8 Å². The van der Waals surface area contributed by atoms with Crippen LogP contribution < -0.4 is 10.6 Å². The van der Waals surface area contributed by atoms with Crippen LogP contribution in [0.2, 0.25) is 0 Å². The van der Waals surface area contributed by atoms with Crippen molar-refractivity contribution in [3.8, 4) is 0 Å². The first-order valence-electron chi connectivity index (χ1n) is 9.63. The zero-order valence-corrected chi connectivity index (χ0v) is 15.8. The first-order valence-corrected chi connectivity index (χ1v) is 10.7.